The van der Waals surface area contributed by atoms with E-state index in [4.69, 9.17) is 4.52 Å². The summed E-state index contributed by atoms with van der Waals surface area (Å²) >= 11 is 0. The first-order valence-electron chi connectivity index (χ1n) is 4.27. The van der Waals surface area contributed by atoms with Gasteiger partial charge in [0, 0.05) is 17.0 Å². The van der Waals surface area contributed by atoms with Gasteiger partial charge in [-0.05, 0) is 6.07 Å². The van der Waals surface area contributed by atoms with Gasteiger partial charge in [0.1, 0.15) is 12.0 Å². The molecule has 0 fully saturated rings. The average Bonchev–Trinajstić information content (AvgIpc) is 2.88. The van der Waals surface area contributed by atoms with Crippen LogP contribution < -0.4 is 0 Å². The van der Waals surface area contributed by atoms with Gasteiger partial charge in [-0.1, -0.05) is 17.3 Å². The molecule has 1 N–H and O–H groups in total. The number of aromatic amines is 1. The summed E-state index contributed by atoms with van der Waals surface area (Å²) in [6.07, 6.45) is 3.36. The molecule has 0 aliphatic carbocycles. The molecule has 0 aliphatic heterocycles. The van der Waals surface area contributed by atoms with Gasteiger partial charge >= 0.3 is 0 Å². The molecular formula is C10H7N3O. The van der Waals surface area contributed by atoms with Crippen LogP contribution in [0.4, 0.5) is 0 Å². The summed E-state index contributed by atoms with van der Waals surface area (Å²) in [4.78, 5) is 0. The number of hydrogen-bond donors (Lipinski definition) is 1. The van der Waals surface area contributed by atoms with E-state index in [9.17, 15) is 0 Å². The highest BCUT2D eigenvalue weighted by Crippen LogP contribution is 2.21. The fourth-order valence-electron chi connectivity index (χ4n) is 1.46. The lowest BCUT2D eigenvalue weighted by Gasteiger charge is -1.94. The van der Waals surface area contributed by atoms with Crippen molar-refractivity contribution in [3.63, 3.8) is 0 Å². The second-order valence-corrected chi connectivity index (χ2v) is 3.06. The van der Waals surface area contributed by atoms with Crippen LogP contribution in [0.1, 0.15) is 0 Å². The normalized spacial score (nSPS) is 10.9. The van der Waals surface area contributed by atoms with Gasteiger partial charge in [-0.3, -0.25) is 5.10 Å². The van der Waals surface area contributed by atoms with E-state index >= 15 is 0 Å². The molecule has 2 aromatic heterocycles. The van der Waals surface area contributed by atoms with E-state index < -0.39 is 0 Å². The third-order valence-corrected chi connectivity index (χ3v) is 2.18. The molecule has 0 saturated carbocycles. The summed E-state index contributed by atoms with van der Waals surface area (Å²) in [7, 11) is 0. The minimum atomic E-state index is 0.835. The summed E-state index contributed by atoms with van der Waals surface area (Å²) < 4.78 is 4.79. The maximum Gasteiger partial charge on any atom is 0.124 e. The molecule has 0 saturated heterocycles. The summed E-state index contributed by atoms with van der Waals surface area (Å²) in [5.41, 5.74) is 2.86. The van der Waals surface area contributed by atoms with Gasteiger partial charge in [0.2, 0.25) is 0 Å². The van der Waals surface area contributed by atoms with Crippen LogP contribution in [0.15, 0.2) is 41.2 Å². The van der Waals surface area contributed by atoms with Crippen molar-refractivity contribution in [2.75, 3.05) is 0 Å². The fourth-order valence-corrected chi connectivity index (χ4v) is 1.46. The first-order chi connectivity index (χ1) is 6.93. The van der Waals surface area contributed by atoms with E-state index in [1.54, 1.807) is 12.5 Å². The highest BCUT2D eigenvalue weighted by molar-refractivity contribution is 5.82. The second-order valence-electron chi connectivity index (χ2n) is 3.06. The van der Waals surface area contributed by atoms with Crippen LogP contribution in [0.5, 0.6) is 0 Å². The highest BCUT2D eigenvalue weighted by Gasteiger charge is 2.02. The summed E-state index contributed by atoms with van der Waals surface area (Å²) in [6.45, 7) is 0. The van der Waals surface area contributed by atoms with Crippen molar-refractivity contribution in [1.29, 1.82) is 0 Å². The predicted molar refractivity (Wildman–Crippen MR) is 51.6 cm³/mol. The molecular weight excluding hydrogens is 178 g/mol. The van der Waals surface area contributed by atoms with Gasteiger partial charge < -0.3 is 4.52 Å². The molecule has 4 nitrogen and oxygen atoms in total. The van der Waals surface area contributed by atoms with Crippen molar-refractivity contribution >= 4 is 10.9 Å². The first kappa shape index (κ1) is 7.32. The Morgan fingerprint density at radius 1 is 1.21 bits per heavy atom. The summed E-state index contributed by atoms with van der Waals surface area (Å²) in [5, 5.41) is 11.8. The van der Waals surface area contributed by atoms with Crippen LogP contribution >= 0.6 is 0 Å². The molecule has 1 aromatic carbocycles. The van der Waals surface area contributed by atoms with Gasteiger partial charge in [0.15, 0.2) is 0 Å². The first-order valence-corrected chi connectivity index (χ1v) is 4.27. The van der Waals surface area contributed by atoms with Gasteiger partial charge in [0.05, 0.1) is 11.7 Å². The van der Waals surface area contributed by atoms with E-state index in [0.717, 1.165) is 22.2 Å². The average molecular weight is 185 g/mol. The highest BCUT2D eigenvalue weighted by atomic mass is 16.5. The Morgan fingerprint density at radius 3 is 3.07 bits per heavy atom. The van der Waals surface area contributed by atoms with Crippen LogP contribution in [-0.2, 0) is 0 Å². The molecule has 0 amide bonds. The number of fused-ring (bicyclic) bond motifs is 1. The lowest BCUT2D eigenvalue weighted by Crippen LogP contribution is -1.76. The zero-order valence-electron chi connectivity index (χ0n) is 7.27. The monoisotopic (exact) mass is 185 g/mol. The van der Waals surface area contributed by atoms with E-state index in [1.807, 2.05) is 24.3 Å². The third kappa shape index (κ3) is 1.01. The number of aromatic nitrogens is 3. The van der Waals surface area contributed by atoms with Crippen LogP contribution in [0.2, 0.25) is 0 Å². The van der Waals surface area contributed by atoms with Crippen molar-refractivity contribution in [1.82, 2.24) is 15.4 Å². The SMILES string of the molecule is c1cc(-c2ccc3cn[nH]c3c2)no1. The van der Waals surface area contributed by atoms with Gasteiger partial charge in [-0.15, -0.1) is 0 Å². The number of nitrogens with one attached hydrogen (secondary N) is 1. The quantitative estimate of drug-likeness (QED) is 0.632. The van der Waals surface area contributed by atoms with Crippen LogP contribution in [0, 0.1) is 0 Å². The Labute approximate surface area is 79.5 Å². The van der Waals surface area contributed by atoms with Crippen molar-refractivity contribution in [3.05, 3.63) is 36.7 Å². The fraction of sp³-hybridized carbons (Fsp3) is 0. The number of hydrogen-bond acceptors (Lipinski definition) is 3. The molecule has 0 spiro atoms. The van der Waals surface area contributed by atoms with Gasteiger partial charge in [0.25, 0.3) is 0 Å². The molecule has 68 valence electrons. The Kier molecular flexibility index (Phi) is 1.41. The number of rotatable bonds is 1. The van der Waals surface area contributed by atoms with Crippen LogP contribution in [-0.4, -0.2) is 15.4 Å². The predicted octanol–water partition coefficient (Wildman–Crippen LogP) is 2.22. The van der Waals surface area contributed by atoms with E-state index in [-0.39, 0.29) is 0 Å². The Hall–Kier alpha value is -2.10. The topological polar surface area (TPSA) is 54.7 Å². The largest absolute Gasteiger partial charge is 0.364 e. The van der Waals surface area contributed by atoms with E-state index in [0.29, 0.717) is 0 Å². The number of benzene rings is 1. The van der Waals surface area contributed by atoms with Crippen molar-refractivity contribution in [3.8, 4) is 11.3 Å². The third-order valence-electron chi connectivity index (χ3n) is 2.18. The lowest BCUT2D eigenvalue weighted by molar-refractivity contribution is 0.422. The standard InChI is InChI=1S/C10H7N3O/c1-2-8-6-11-12-10(8)5-7(1)9-3-4-14-13-9/h1-6H,(H,11,12). The lowest BCUT2D eigenvalue weighted by atomic mass is 10.1. The Bertz CT molecular complexity index is 554. The molecule has 0 radical (unpaired) electrons. The second kappa shape index (κ2) is 2.70. The van der Waals surface area contributed by atoms with E-state index in [1.165, 1.54) is 0 Å². The number of nitrogens with zero attached hydrogens (tertiary/aromatic N) is 2. The molecule has 0 bridgehead atoms. The van der Waals surface area contributed by atoms with Crippen molar-refractivity contribution < 1.29 is 4.52 Å². The molecule has 3 aromatic rings. The molecule has 3 rings (SSSR count). The summed E-state index contributed by atoms with van der Waals surface area (Å²) in [6, 6.07) is 7.83. The van der Waals surface area contributed by atoms with Crippen molar-refractivity contribution in [2.24, 2.45) is 0 Å². The van der Waals surface area contributed by atoms with Crippen molar-refractivity contribution in [2.45, 2.75) is 0 Å². The minimum absolute atomic E-state index is 0.835. The van der Waals surface area contributed by atoms with E-state index in [2.05, 4.69) is 15.4 Å². The van der Waals surface area contributed by atoms with Crippen LogP contribution in [0.25, 0.3) is 22.2 Å². The molecule has 0 atom stereocenters. The molecule has 0 unspecified atom stereocenters. The molecule has 4 heteroatoms. The van der Waals surface area contributed by atoms with Gasteiger partial charge in [-0.25, -0.2) is 0 Å². The maximum absolute atomic E-state index is 4.79. The Balaban J connectivity index is 2.23. The Morgan fingerprint density at radius 2 is 2.21 bits per heavy atom. The van der Waals surface area contributed by atoms with Gasteiger partial charge in [-0.2, -0.15) is 5.10 Å². The molecule has 2 heterocycles. The number of H-pyrrole nitrogens is 1. The molecule has 14 heavy (non-hydrogen) atoms. The molecule has 0 aliphatic rings. The zero-order valence-corrected chi connectivity index (χ0v) is 7.27. The maximum atomic E-state index is 4.79. The zero-order chi connectivity index (χ0) is 9.38. The summed E-state index contributed by atoms with van der Waals surface area (Å²) in [5.74, 6) is 0. The minimum Gasteiger partial charge on any atom is -0.364 e. The smallest absolute Gasteiger partial charge is 0.124 e. The van der Waals surface area contributed by atoms with Crippen LogP contribution in [0.3, 0.4) is 0 Å².